The van der Waals surface area contributed by atoms with Gasteiger partial charge in [-0.05, 0) is 30.2 Å². The van der Waals surface area contributed by atoms with Gasteiger partial charge in [0.2, 0.25) is 0 Å². The van der Waals surface area contributed by atoms with E-state index >= 15 is 0 Å². The summed E-state index contributed by atoms with van der Waals surface area (Å²) in [4.78, 5) is 4.80. The fourth-order valence-corrected chi connectivity index (χ4v) is 2.87. The molecule has 2 heterocycles. The Morgan fingerprint density at radius 3 is 2.45 bits per heavy atom. The van der Waals surface area contributed by atoms with Gasteiger partial charge in [0.05, 0.1) is 5.69 Å². The minimum atomic E-state index is 0.412. The Kier molecular flexibility index (Phi) is 2.97. The zero-order valence-corrected chi connectivity index (χ0v) is 12.7. The molecular formula is C20H17NO. The van der Waals surface area contributed by atoms with Crippen LogP contribution < -0.4 is 0 Å². The van der Waals surface area contributed by atoms with E-state index in [0.29, 0.717) is 5.92 Å². The lowest BCUT2D eigenvalue weighted by Crippen LogP contribution is -1.94. The Labute approximate surface area is 129 Å². The summed E-state index contributed by atoms with van der Waals surface area (Å²) in [6.07, 6.45) is 0. The van der Waals surface area contributed by atoms with Crippen molar-refractivity contribution in [2.24, 2.45) is 0 Å². The maximum atomic E-state index is 6.10. The molecule has 0 N–H and O–H groups in total. The van der Waals surface area contributed by atoms with Crippen molar-refractivity contribution in [3.05, 3.63) is 66.4 Å². The van der Waals surface area contributed by atoms with Gasteiger partial charge in [-0.15, -0.1) is 0 Å². The van der Waals surface area contributed by atoms with E-state index in [2.05, 4.69) is 50.2 Å². The normalized spacial score (nSPS) is 11.6. The minimum Gasteiger partial charge on any atom is -0.455 e. The highest BCUT2D eigenvalue weighted by atomic mass is 16.3. The number of hydrogen-bond donors (Lipinski definition) is 0. The van der Waals surface area contributed by atoms with Crippen LogP contribution in [0.3, 0.4) is 0 Å². The predicted octanol–water partition coefficient (Wildman–Crippen LogP) is 5.77. The number of benzene rings is 2. The summed E-state index contributed by atoms with van der Waals surface area (Å²) < 4.78 is 6.10. The van der Waals surface area contributed by atoms with Crippen LogP contribution in [0.5, 0.6) is 0 Å². The van der Waals surface area contributed by atoms with Crippen molar-refractivity contribution >= 4 is 21.9 Å². The third-order valence-electron chi connectivity index (χ3n) is 4.04. The molecule has 4 aromatic rings. The van der Waals surface area contributed by atoms with Gasteiger partial charge in [-0.3, -0.25) is 4.98 Å². The first-order valence-corrected chi connectivity index (χ1v) is 7.61. The second kappa shape index (κ2) is 4.99. The average Bonchev–Trinajstić information content (AvgIpc) is 2.93. The lowest BCUT2D eigenvalue weighted by Gasteiger charge is -2.07. The van der Waals surface area contributed by atoms with Crippen molar-refractivity contribution < 1.29 is 4.42 Å². The number of aromatic nitrogens is 1. The molecule has 0 aliphatic carbocycles. The first-order valence-electron chi connectivity index (χ1n) is 7.61. The van der Waals surface area contributed by atoms with Gasteiger partial charge >= 0.3 is 0 Å². The molecule has 2 aromatic heterocycles. The van der Waals surface area contributed by atoms with E-state index in [-0.39, 0.29) is 0 Å². The number of rotatable bonds is 2. The molecule has 0 fully saturated rings. The van der Waals surface area contributed by atoms with Crippen LogP contribution in [-0.4, -0.2) is 4.98 Å². The van der Waals surface area contributed by atoms with Crippen LogP contribution in [0.1, 0.15) is 25.5 Å². The van der Waals surface area contributed by atoms with Crippen molar-refractivity contribution in [2.75, 3.05) is 0 Å². The molecule has 0 bridgehead atoms. The highest BCUT2D eigenvalue weighted by molar-refractivity contribution is 6.09. The van der Waals surface area contributed by atoms with Crippen LogP contribution in [-0.2, 0) is 0 Å². The number of hydrogen-bond acceptors (Lipinski definition) is 2. The van der Waals surface area contributed by atoms with E-state index in [4.69, 9.17) is 9.40 Å². The SMILES string of the molecule is CC(C)c1cccc(-c2cccc3c2oc2ccccc23)n1. The molecule has 108 valence electrons. The largest absolute Gasteiger partial charge is 0.455 e. The zero-order valence-electron chi connectivity index (χ0n) is 12.7. The third-order valence-corrected chi connectivity index (χ3v) is 4.04. The van der Waals surface area contributed by atoms with Gasteiger partial charge < -0.3 is 4.42 Å². The van der Waals surface area contributed by atoms with Crippen molar-refractivity contribution in [3.63, 3.8) is 0 Å². The summed E-state index contributed by atoms with van der Waals surface area (Å²) in [6, 6.07) is 20.6. The molecule has 0 radical (unpaired) electrons. The second-order valence-corrected chi connectivity index (χ2v) is 5.88. The molecular weight excluding hydrogens is 270 g/mol. The quantitative estimate of drug-likeness (QED) is 0.467. The number of pyridine rings is 1. The summed E-state index contributed by atoms with van der Waals surface area (Å²) in [6.45, 7) is 4.32. The maximum Gasteiger partial charge on any atom is 0.144 e. The molecule has 0 amide bonds. The Hall–Kier alpha value is -2.61. The van der Waals surface area contributed by atoms with Crippen molar-refractivity contribution in [3.8, 4) is 11.3 Å². The Balaban J connectivity index is 2.01. The van der Waals surface area contributed by atoms with Crippen LogP contribution >= 0.6 is 0 Å². The molecule has 0 saturated heterocycles. The predicted molar refractivity (Wildman–Crippen MR) is 91.0 cm³/mol. The summed E-state index contributed by atoms with van der Waals surface area (Å²) in [5, 5.41) is 2.30. The monoisotopic (exact) mass is 287 g/mol. The van der Waals surface area contributed by atoms with Gasteiger partial charge in [0.25, 0.3) is 0 Å². The molecule has 0 spiro atoms. The van der Waals surface area contributed by atoms with Gasteiger partial charge in [0, 0.05) is 22.0 Å². The van der Waals surface area contributed by atoms with Crippen molar-refractivity contribution in [1.82, 2.24) is 4.98 Å². The van der Waals surface area contributed by atoms with E-state index in [9.17, 15) is 0 Å². The standard InChI is InChI=1S/C20H17NO/c1-13(2)17-10-6-11-18(21-17)16-9-5-8-15-14-7-3-4-12-19(14)22-20(15)16/h3-13H,1-2H3. The van der Waals surface area contributed by atoms with E-state index in [1.54, 1.807) is 0 Å². The molecule has 0 saturated carbocycles. The van der Waals surface area contributed by atoms with Crippen LogP contribution in [0.25, 0.3) is 33.2 Å². The van der Waals surface area contributed by atoms with Gasteiger partial charge in [-0.25, -0.2) is 0 Å². The van der Waals surface area contributed by atoms with Crippen LogP contribution in [0.4, 0.5) is 0 Å². The van der Waals surface area contributed by atoms with Crippen LogP contribution in [0.2, 0.25) is 0 Å². The molecule has 0 atom stereocenters. The summed E-state index contributed by atoms with van der Waals surface area (Å²) >= 11 is 0. The van der Waals surface area contributed by atoms with Crippen LogP contribution in [0.15, 0.2) is 65.1 Å². The number of para-hydroxylation sites is 2. The number of nitrogens with zero attached hydrogens (tertiary/aromatic N) is 1. The van der Waals surface area contributed by atoms with Gasteiger partial charge in [0.15, 0.2) is 0 Å². The first kappa shape index (κ1) is 13.1. The smallest absolute Gasteiger partial charge is 0.144 e. The number of furan rings is 1. The van der Waals surface area contributed by atoms with E-state index in [1.807, 2.05) is 24.3 Å². The Morgan fingerprint density at radius 1 is 0.818 bits per heavy atom. The highest BCUT2D eigenvalue weighted by Gasteiger charge is 2.13. The molecule has 22 heavy (non-hydrogen) atoms. The molecule has 2 nitrogen and oxygen atoms in total. The maximum absolute atomic E-state index is 6.10. The Bertz CT molecular complexity index is 966. The van der Waals surface area contributed by atoms with Crippen LogP contribution in [0, 0.1) is 0 Å². The molecule has 0 unspecified atom stereocenters. The van der Waals surface area contributed by atoms with E-state index < -0.39 is 0 Å². The Morgan fingerprint density at radius 2 is 1.59 bits per heavy atom. The summed E-state index contributed by atoms with van der Waals surface area (Å²) in [7, 11) is 0. The average molecular weight is 287 g/mol. The molecule has 2 heteroatoms. The van der Waals surface area contributed by atoms with E-state index in [1.165, 1.54) is 0 Å². The van der Waals surface area contributed by atoms with Crippen molar-refractivity contribution in [1.29, 1.82) is 0 Å². The highest BCUT2D eigenvalue weighted by Crippen LogP contribution is 2.35. The summed E-state index contributed by atoms with van der Waals surface area (Å²) in [5.41, 5.74) is 4.96. The minimum absolute atomic E-state index is 0.412. The first-order chi connectivity index (χ1) is 10.7. The van der Waals surface area contributed by atoms with Gasteiger partial charge in [-0.2, -0.15) is 0 Å². The number of fused-ring (bicyclic) bond motifs is 3. The van der Waals surface area contributed by atoms with Crippen molar-refractivity contribution in [2.45, 2.75) is 19.8 Å². The topological polar surface area (TPSA) is 26.0 Å². The zero-order chi connectivity index (χ0) is 15.1. The second-order valence-electron chi connectivity index (χ2n) is 5.88. The molecule has 4 rings (SSSR count). The third kappa shape index (κ3) is 2.00. The fraction of sp³-hybridized carbons (Fsp3) is 0.150. The van der Waals surface area contributed by atoms with E-state index in [0.717, 1.165) is 38.9 Å². The fourth-order valence-electron chi connectivity index (χ4n) is 2.87. The summed E-state index contributed by atoms with van der Waals surface area (Å²) in [5.74, 6) is 0.412. The lowest BCUT2D eigenvalue weighted by molar-refractivity contribution is 0.669. The van der Waals surface area contributed by atoms with Gasteiger partial charge in [0.1, 0.15) is 11.2 Å². The molecule has 0 aliphatic heterocycles. The molecule has 0 aliphatic rings. The van der Waals surface area contributed by atoms with Gasteiger partial charge in [-0.1, -0.05) is 50.2 Å². The lowest BCUT2D eigenvalue weighted by atomic mass is 10.0. The molecule has 2 aromatic carbocycles.